The van der Waals surface area contributed by atoms with E-state index in [2.05, 4.69) is 31.6 Å². The summed E-state index contributed by atoms with van der Waals surface area (Å²) in [6, 6.07) is 8.81. The summed E-state index contributed by atoms with van der Waals surface area (Å²) in [5.41, 5.74) is 7.27. The van der Waals surface area contributed by atoms with Gasteiger partial charge in [-0.2, -0.15) is 0 Å². The molecule has 3 aromatic rings. The lowest BCUT2D eigenvalue weighted by atomic mass is 9.72. The minimum atomic E-state index is -0.614. The van der Waals surface area contributed by atoms with Gasteiger partial charge in [0.05, 0.1) is 10.4 Å². The summed E-state index contributed by atoms with van der Waals surface area (Å²) in [5.74, 6) is -0.874. The molecule has 2 heterocycles. The number of amides is 2. The van der Waals surface area contributed by atoms with Crippen molar-refractivity contribution in [2.24, 2.45) is 11.3 Å². The summed E-state index contributed by atoms with van der Waals surface area (Å²) >= 11 is 1.48. The van der Waals surface area contributed by atoms with Gasteiger partial charge in [0.25, 0.3) is 11.8 Å². The molecule has 2 N–H and O–H groups in total. The fourth-order valence-electron chi connectivity index (χ4n) is 3.91. The molecule has 0 fully saturated rings. The van der Waals surface area contributed by atoms with Crippen LogP contribution in [0.15, 0.2) is 39.5 Å². The summed E-state index contributed by atoms with van der Waals surface area (Å²) < 4.78 is 6.35. The molecule has 0 saturated carbocycles. The Hall–Kier alpha value is -2.87. The molecule has 4 rings (SSSR count). The predicted molar refractivity (Wildman–Crippen MR) is 115 cm³/mol. The number of carbonyl (C=O) groups is 2. The molecule has 8 heteroatoms. The Morgan fingerprint density at radius 2 is 2.00 bits per heavy atom. The van der Waals surface area contributed by atoms with E-state index in [4.69, 9.17) is 4.42 Å². The Balaban J connectivity index is 1.38. The first-order chi connectivity index (χ1) is 14.2. The third kappa shape index (κ3) is 4.05. The third-order valence-corrected chi connectivity index (χ3v) is 6.96. The Morgan fingerprint density at radius 1 is 1.23 bits per heavy atom. The van der Waals surface area contributed by atoms with Gasteiger partial charge in [-0.25, -0.2) is 4.79 Å². The van der Waals surface area contributed by atoms with Gasteiger partial charge in [-0.15, -0.1) is 11.3 Å². The van der Waals surface area contributed by atoms with Gasteiger partial charge in [-0.3, -0.25) is 25.0 Å². The van der Waals surface area contributed by atoms with E-state index in [0.717, 1.165) is 19.3 Å². The Labute approximate surface area is 178 Å². The second-order valence-corrected chi connectivity index (χ2v) is 9.93. The highest BCUT2D eigenvalue weighted by Gasteiger charge is 2.30. The second kappa shape index (κ2) is 7.75. The van der Waals surface area contributed by atoms with Crippen LogP contribution >= 0.6 is 11.3 Å². The minimum Gasteiger partial charge on any atom is -0.408 e. The fourth-order valence-corrected chi connectivity index (χ4v) is 5.01. The lowest BCUT2D eigenvalue weighted by Gasteiger charge is -2.33. The maximum Gasteiger partial charge on any atom is 0.420 e. The predicted octanol–water partition coefficient (Wildman–Crippen LogP) is 3.27. The van der Waals surface area contributed by atoms with Crippen molar-refractivity contribution in [3.05, 3.63) is 56.2 Å². The van der Waals surface area contributed by atoms with E-state index >= 15 is 0 Å². The topological polar surface area (TPSA) is 93.3 Å². The zero-order chi connectivity index (χ0) is 21.5. The van der Waals surface area contributed by atoms with Gasteiger partial charge in [-0.1, -0.05) is 32.9 Å². The molecule has 0 spiro atoms. The zero-order valence-corrected chi connectivity index (χ0v) is 18.1. The Bertz CT molecular complexity index is 1170. The van der Waals surface area contributed by atoms with Crippen LogP contribution in [-0.2, 0) is 24.2 Å². The molecule has 2 aromatic heterocycles. The average molecular weight is 428 g/mol. The van der Waals surface area contributed by atoms with Crippen LogP contribution < -0.4 is 16.6 Å². The largest absolute Gasteiger partial charge is 0.420 e. The minimum absolute atomic E-state index is 0.241. The number of aromatic nitrogens is 1. The van der Waals surface area contributed by atoms with Crippen LogP contribution in [0.2, 0.25) is 0 Å². The number of thiophene rings is 1. The molecule has 2 amide bonds. The molecule has 1 aliphatic rings. The molecule has 1 aliphatic carbocycles. The molecule has 0 aliphatic heterocycles. The lowest BCUT2D eigenvalue weighted by molar-refractivity contribution is -0.122. The standard InChI is InChI=1S/C22H25N3O4S/c1-22(2,3)14-8-9-17-13(10-14)11-18(30-17)20(27)24-23-19(26)12-25-15-6-4-5-7-16(15)29-21(25)28/h4-7,11,14H,8-10,12H2,1-3H3,(H,23,26)(H,24,27). The van der Waals surface area contributed by atoms with E-state index in [1.54, 1.807) is 24.3 Å². The molecule has 1 aromatic carbocycles. The number of hydrogen-bond acceptors (Lipinski definition) is 5. The van der Waals surface area contributed by atoms with Crippen LogP contribution in [0.5, 0.6) is 0 Å². The van der Waals surface area contributed by atoms with Crippen LogP contribution in [0.1, 0.15) is 47.3 Å². The van der Waals surface area contributed by atoms with Gasteiger partial charge in [0, 0.05) is 4.88 Å². The van der Waals surface area contributed by atoms with E-state index in [1.807, 2.05) is 6.07 Å². The number of fused-ring (bicyclic) bond motifs is 2. The van der Waals surface area contributed by atoms with E-state index in [0.29, 0.717) is 21.9 Å². The van der Waals surface area contributed by atoms with E-state index in [-0.39, 0.29) is 17.9 Å². The monoisotopic (exact) mass is 427 g/mol. The number of oxazole rings is 1. The maximum atomic E-state index is 12.5. The van der Waals surface area contributed by atoms with Crippen LogP contribution in [0.4, 0.5) is 0 Å². The van der Waals surface area contributed by atoms with E-state index < -0.39 is 11.7 Å². The molecule has 158 valence electrons. The molecular formula is C22H25N3O4S. The van der Waals surface area contributed by atoms with E-state index in [9.17, 15) is 14.4 Å². The van der Waals surface area contributed by atoms with Crippen LogP contribution in [0.25, 0.3) is 11.1 Å². The number of hydrazine groups is 1. The number of carbonyl (C=O) groups excluding carboxylic acids is 2. The number of para-hydroxylation sites is 2. The average Bonchev–Trinajstić information content (AvgIpc) is 3.26. The number of aryl methyl sites for hydroxylation is 1. The van der Waals surface area contributed by atoms with Gasteiger partial charge in [-0.05, 0) is 54.4 Å². The van der Waals surface area contributed by atoms with Crippen molar-refractivity contribution in [1.82, 2.24) is 15.4 Å². The highest BCUT2D eigenvalue weighted by molar-refractivity contribution is 7.14. The highest BCUT2D eigenvalue weighted by atomic mass is 32.1. The van der Waals surface area contributed by atoms with Crippen molar-refractivity contribution in [1.29, 1.82) is 0 Å². The normalized spacial score (nSPS) is 16.3. The SMILES string of the molecule is CC(C)(C)C1CCc2sc(C(=O)NNC(=O)Cn3c(=O)oc4ccccc43)cc2C1. The summed E-state index contributed by atoms with van der Waals surface area (Å²) in [4.78, 5) is 38.6. The van der Waals surface area contributed by atoms with E-state index in [1.165, 1.54) is 26.3 Å². The molecule has 30 heavy (non-hydrogen) atoms. The van der Waals surface area contributed by atoms with Gasteiger partial charge < -0.3 is 4.42 Å². The first kappa shape index (κ1) is 20.4. The summed E-state index contributed by atoms with van der Waals surface area (Å²) in [6.45, 7) is 6.52. The summed E-state index contributed by atoms with van der Waals surface area (Å²) in [6.07, 6.45) is 3.09. The first-order valence-corrected chi connectivity index (χ1v) is 10.8. The van der Waals surface area contributed by atoms with Gasteiger partial charge in [0.1, 0.15) is 6.54 Å². The fraction of sp³-hybridized carbons (Fsp3) is 0.409. The van der Waals surface area contributed by atoms with Crippen LogP contribution in [0.3, 0.4) is 0 Å². The zero-order valence-electron chi connectivity index (χ0n) is 17.3. The van der Waals surface area contributed by atoms with Crippen molar-refractivity contribution in [3.63, 3.8) is 0 Å². The van der Waals surface area contributed by atoms with Crippen molar-refractivity contribution < 1.29 is 14.0 Å². The number of rotatable bonds is 3. The maximum absolute atomic E-state index is 12.5. The highest BCUT2D eigenvalue weighted by Crippen LogP contribution is 2.40. The molecule has 0 bridgehead atoms. The molecule has 0 saturated heterocycles. The Kier molecular flexibility index (Phi) is 5.27. The van der Waals surface area contributed by atoms with Gasteiger partial charge >= 0.3 is 5.76 Å². The van der Waals surface area contributed by atoms with Crippen molar-refractivity contribution in [2.45, 2.75) is 46.6 Å². The lowest BCUT2D eigenvalue weighted by Crippen LogP contribution is -2.43. The van der Waals surface area contributed by atoms with Gasteiger partial charge in [0.2, 0.25) is 0 Å². The smallest absolute Gasteiger partial charge is 0.408 e. The molecule has 7 nitrogen and oxygen atoms in total. The molecule has 1 unspecified atom stereocenters. The van der Waals surface area contributed by atoms with Crippen molar-refractivity contribution in [3.8, 4) is 0 Å². The van der Waals surface area contributed by atoms with Crippen molar-refractivity contribution >= 4 is 34.3 Å². The van der Waals surface area contributed by atoms with Crippen molar-refractivity contribution in [2.75, 3.05) is 0 Å². The molecule has 1 atom stereocenters. The van der Waals surface area contributed by atoms with Crippen LogP contribution in [0, 0.1) is 11.3 Å². The first-order valence-electron chi connectivity index (χ1n) is 10.0. The number of nitrogens with zero attached hydrogens (tertiary/aromatic N) is 1. The second-order valence-electron chi connectivity index (χ2n) is 8.79. The third-order valence-electron chi connectivity index (χ3n) is 5.72. The summed E-state index contributed by atoms with van der Waals surface area (Å²) in [7, 11) is 0. The number of benzene rings is 1. The summed E-state index contributed by atoms with van der Waals surface area (Å²) in [5, 5.41) is 0. The Morgan fingerprint density at radius 3 is 2.77 bits per heavy atom. The van der Waals surface area contributed by atoms with Crippen LogP contribution in [-0.4, -0.2) is 16.4 Å². The molecular weight excluding hydrogens is 402 g/mol. The number of hydrogen-bond donors (Lipinski definition) is 2. The number of nitrogens with one attached hydrogen (secondary N) is 2. The van der Waals surface area contributed by atoms with Gasteiger partial charge in [0.15, 0.2) is 5.58 Å². The quantitative estimate of drug-likeness (QED) is 0.628. The molecule has 0 radical (unpaired) electrons.